The summed E-state index contributed by atoms with van der Waals surface area (Å²) in [5.41, 5.74) is 0. The van der Waals surface area contributed by atoms with Gasteiger partial charge in [0.05, 0.1) is 12.2 Å². The van der Waals surface area contributed by atoms with Crippen molar-refractivity contribution in [2.45, 2.75) is 33.3 Å². The van der Waals surface area contributed by atoms with Crippen molar-refractivity contribution >= 4 is 5.78 Å². The molecule has 1 rings (SSSR count). The summed E-state index contributed by atoms with van der Waals surface area (Å²) >= 11 is 0. The van der Waals surface area contributed by atoms with Crippen molar-refractivity contribution in [3.63, 3.8) is 0 Å². The van der Waals surface area contributed by atoms with Gasteiger partial charge in [-0.05, 0) is 19.3 Å². The Morgan fingerprint density at radius 1 is 1.57 bits per heavy atom. The number of ketones is 1. The zero-order valence-corrected chi connectivity index (χ0v) is 8.99. The molecule has 0 aromatic carbocycles. The Bertz CT molecular complexity index is 255. The zero-order valence-electron chi connectivity index (χ0n) is 8.99. The van der Waals surface area contributed by atoms with Crippen molar-refractivity contribution in [1.29, 1.82) is 5.26 Å². The maximum Gasteiger partial charge on any atom is 0.155 e. The minimum absolute atomic E-state index is 0.0166. The first-order valence-corrected chi connectivity index (χ1v) is 5.13. The maximum atomic E-state index is 11.9. The molecule has 0 aromatic heterocycles. The highest BCUT2D eigenvalue weighted by Crippen LogP contribution is 2.26. The van der Waals surface area contributed by atoms with Gasteiger partial charge in [0.15, 0.2) is 5.78 Å². The molecular formula is C11H17NO2. The molecule has 0 aromatic rings. The molecule has 14 heavy (non-hydrogen) atoms. The van der Waals surface area contributed by atoms with E-state index < -0.39 is 5.92 Å². The summed E-state index contributed by atoms with van der Waals surface area (Å²) in [5, 5.41) is 8.90. The lowest BCUT2D eigenvalue weighted by Gasteiger charge is -2.18. The van der Waals surface area contributed by atoms with Gasteiger partial charge >= 0.3 is 0 Å². The number of nitrogens with zero attached hydrogens (tertiary/aromatic N) is 1. The number of Topliss-reactive ketones (excluding diaryl/α,β-unsaturated/α-hetero) is 1. The Kier molecular flexibility index (Phi) is 3.65. The van der Waals surface area contributed by atoms with Gasteiger partial charge in [0.1, 0.15) is 5.92 Å². The van der Waals surface area contributed by atoms with Crippen molar-refractivity contribution in [2.24, 2.45) is 17.8 Å². The second-order valence-corrected chi connectivity index (χ2v) is 4.22. The molecule has 0 radical (unpaired) electrons. The van der Waals surface area contributed by atoms with Gasteiger partial charge in [-0.1, -0.05) is 13.8 Å². The molecule has 1 aliphatic heterocycles. The van der Waals surface area contributed by atoms with Crippen LogP contribution in [-0.2, 0) is 9.53 Å². The summed E-state index contributed by atoms with van der Waals surface area (Å²) < 4.78 is 5.33. The number of nitriles is 1. The van der Waals surface area contributed by atoms with Crippen LogP contribution < -0.4 is 0 Å². The van der Waals surface area contributed by atoms with Crippen LogP contribution in [0.25, 0.3) is 0 Å². The van der Waals surface area contributed by atoms with Crippen LogP contribution in [0.1, 0.15) is 27.2 Å². The van der Waals surface area contributed by atoms with Crippen molar-refractivity contribution in [1.82, 2.24) is 0 Å². The van der Waals surface area contributed by atoms with E-state index in [0.717, 1.165) is 6.42 Å². The van der Waals surface area contributed by atoms with Gasteiger partial charge in [0.2, 0.25) is 0 Å². The molecule has 78 valence electrons. The Labute approximate surface area is 85.1 Å². The third-order valence-electron chi connectivity index (χ3n) is 2.85. The maximum absolute atomic E-state index is 11.9. The number of carbonyl (C=O) groups is 1. The van der Waals surface area contributed by atoms with Crippen molar-refractivity contribution in [2.75, 3.05) is 6.61 Å². The lowest BCUT2D eigenvalue weighted by Crippen LogP contribution is -2.30. The van der Waals surface area contributed by atoms with E-state index in [1.807, 2.05) is 20.8 Å². The number of rotatable bonds is 3. The third-order valence-corrected chi connectivity index (χ3v) is 2.85. The number of carbonyl (C=O) groups excluding carboxylic acids is 1. The fourth-order valence-electron chi connectivity index (χ4n) is 1.88. The van der Waals surface area contributed by atoms with Crippen LogP contribution in [0.4, 0.5) is 0 Å². The highest BCUT2D eigenvalue weighted by atomic mass is 16.5. The molecule has 0 spiro atoms. The van der Waals surface area contributed by atoms with Gasteiger partial charge in [-0.15, -0.1) is 0 Å². The standard InChI is InChI=1S/C11H17NO2/c1-7(2)10(6-12)11(13)9-4-5-14-8(9)3/h7-10H,4-5H2,1-3H3. The average Bonchev–Trinajstić information content (AvgIpc) is 2.51. The van der Waals surface area contributed by atoms with Crippen molar-refractivity contribution < 1.29 is 9.53 Å². The van der Waals surface area contributed by atoms with E-state index in [1.54, 1.807) is 0 Å². The van der Waals surface area contributed by atoms with Gasteiger partial charge in [-0.2, -0.15) is 5.26 Å². The fraction of sp³-hybridized carbons (Fsp3) is 0.818. The van der Waals surface area contributed by atoms with E-state index in [-0.39, 0.29) is 23.7 Å². The molecule has 0 saturated carbocycles. The van der Waals surface area contributed by atoms with E-state index in [2.05, 4.69) is 6.07 Å². The lowest BCUT2D eigenvalue weighted by molar-refractivity contribution is -0.127. The molecule has 3 atom stereocenters. The molecule has 1 heterocycles. The molecule has 0 aliphatic carbocycles. The third kappa shape index (κ3) is 2.13. The van der Waals surface area contributed by atoms with Gasteiger partial charge < -0.3 is 4.74 Å². The lowest BCUT2D eigenvalue weighted by atomic mass is 9.83. The summed E-state index contributed by atoms with van der Waals surface area (Å²) in [6, 6.07) is 2.09. The zero-order chi connectivity index (χ0) is 10.7. The van der Waals surface area contributed by atoms with Gasteiger partial charge in [0, 0.05) is 12.5 Å². The van der Waals surface area contributed by atoms with Crippen molar-refractivity contribution in [3.8, 4) is 6.07 Å². The Morgan fingerprint density at radius 2 is 2.21 bits per heavy atom. The first-order chi connectivity index (χ1) is 6.57. The van der Waals surface area contributed by atoms with E-state index in [4.69, 9.17) is 10.00 Å². The second-order valence-electron chi connectivity index (χ2n) is 4.22. The number of ether oxygens (including phenoxy) is 1. The molecule has 3 heteroatoms. The SMILES string of the molecule is CC(C)C(C#N)C(=O)C1CCOC1C. The summed E-state index contributed by atoms with van der Waals surface area (Å²) in [5.74, 6) is -0.376. The first-order valence-electron chi connectivity index (χ1n) is 5.13. The second kappa shape index (κ2) is 4.56. The number of hydrogen-bond donors (Lipinski definition) is 0. The Balaban J connectivity index is 2.68. The average molecular weight is 195 g/mol. The van der Waals surface area contributed by atoms with Crippen LogP contribution in [-0.4, -0.2) is 18.5 Å². The summed E-state index contributed by atoms with van der Waals surface area (Å²) in [6.07, 6.45) is 0.752. The normalized spacial score (nSPS) is 28.8. The molecular weight excluding hydrogens is 178 g/mol. The number of hydrogen-bond acceptors (Lipinski definition) is 3. The predicted molar refractivity (Wildman–Crippen MR) is 52.5 cm³/mol. The first kappa shape index (κ1) is 11.2. The van der Waals surface area contributed by atoms with Crippen LogP contribution in [0.3, 0.4) is 0 Å². The quantitative estimate of drug-likeness (QED) is 0.689. The van der Waals surface area contributed by atoms with E-state index in [1.165, 1.54) is 0 Å². The van der Waals surface area contributed by atoms with Crippen LogP contribution in [0.5, 0.6) is 0 Å². The molecule has 1 fully saturated rings. The Hall–Kier alpha value is -0.880. The van der Waals surface area contributed by atoms with Gasteiger partial charge in [0.25, 0.3) is 0 Å². The smallest absolute Gasteiger partial charge is 0.155 e. The van der Waals surface area contributed by atoms with Crippen LogP contribution in [0, 0.1) is 29.1 Å². The van der Waals surface area contributed by atoms with E-state index in [0.29, 0.717) is 6.61 Å². The summed E-state index contributed by atoms with van der Waals surface area (Å²) in [7, 11) is 0. The Morgan fingerprint density at radius 3 is 2.57 bits per heavy atom. The topological polar surface area (TPSA) is 50.1 Å². The minimum Gasteiger partial charge on any atom is -0.378 e. The largest absolute Gasteiger partial charge is 0.378 e. The molecule has 1 saturated heterocycles. The minimum atomic E-state index is -0.468. The van der Waals surface area contributed by atoms with Gasteiger partial charge in [-0.25, -0.2) is 0 Å². The molecule has 1 aliphatic rings. The highest BCUT2D eigenvalue weighted by molar-refractivity contribution is 5.86. The van der Waals surface area contributed by atoms with E-state index in [9.17, 15) is 4.79 Å². The van der Waals surface area contributed by atoms with Crippen molar-refractivity contribution in [3.05, 3.63) is 0 Å². The summed E-state index contributed by atoms with van der Waals surface area (Å²) in [6.45, 7) is 6.37. The van der Waals surface area contributed by atoms with Crippen LogP contribution >= 0.6 is 0 Å². The highest BCUT2D eigenvalue weighted by Gasteiger charge is 2.36. The van der Waals surface area contributed by atoms with Gasteiger partial charge in [-0.3, -0.25) is 4.79 Å². The molecule has 3 nitrogen and oxygen atoms in total. The summed E-state index contributed by atoms with van der Waals surface area (Å²) in [4.78, 5) is 11.9. The van der Waals surface area contributed by atoms with Crippen LogP contribution in [0.15, 0.2) is 0 Å². The van der Waals surface area contributed by atoms with Crippen LogP contribution in [0.2, 0.25) is 0 Å². The predicted octanol–water partition coefficient (Wildman–Crippen LogP) is 1.78. The van der Waals surface area contributed by atoms with E-state index >= 15 is 0 Å². The molecule has 0 bridgehead atoms. The molecule has 3 unspecified atom stereocenters. The molecule has 0 amide bonds. The monoisotopic (exact) mass is 195 g/mol. The fourth-order valence-corrected chi connectivity index (χ4v) is 1.88. The molecule has 0 N–H and O–H groups in total.